The van der Waals surface area contributed by atoms with E-state index in [1.165, 1.54) is 0 Å². The number of benzene rings is 1. The van der Waals surface area contributed by atoms with Crippen LogP contribution in [0.4, 0.5) is 8.78 Å². The molecule has 0 heterocycles. The number of carboxylic acid groups (broad SMARTS) is 1. The maximum absolute atomic E-state index is 13.3. The van der Waals surface area contributed by atoms with E-state index in [4.69, 9.17) is 11.5 Å². The summed E-state index contributed by atoms with van der Waals surface area (Å²) >= 11 is 0. The Bertz CT molecular complexity index is 537. The van der Waals surface area contributed by atoms with Crippen LogP contribution in [0.2, 0.25) is 0 Å². The monoisotopic (exact) mass is 267 g/mol. The molecular formula is C13H11F2NO3. The van der Waals surface area contributed by atoms with Crippen molar-refractivity contribution in [2.45, 2.75) is 18.9 Å². The van der Waals surface area contributed by atoms with E-state index in [-0.39, 0.29) is 18.4 Å². The van der Waals surface area contributed by atoms with Gasteiger partial charge in [-0.2, -0.15) is 0 Å². The highest BCUT2D eigenvalue weighted by atomic mass is 19.1. The number of hydrogen-bond acceptors (Lipinski definition) is 2. The summed E-state index contributed by atoms with van der Waals surface area (Å²) in [6.45, 7) is 0. The van der Waals surface area contributed by atoms with Crippen molar-refractivity contribution in [3.8, 4) is 12.3 Å². The molecule has 1 atom stereocenters. The van der Waals surface area contributed by atoms with Gasteiger partial charge in [0.2, 0.25) is 5.91 Å². The van der Waals surface area contributed by atoms with E-state index >= 15 is 0 Å². The van der Waals surface area contributed by atoms with Crippen LogP contribution >= 0.6 is 0 Å². The van der Waals surface area contributed by atoms with Gasteiger partial charge in [-0.3, -0.25) is 4.79 Å². The number of terminal acetylenes is 1. The number of carbonyl (C=O) groups excluding carboxylic acids is 1. The van der Waals surface area contributed by atoms with Crippen molar-refractivity contribution in [3.05, 3.63) is 35.4 Å². The molecule has 2 N–H and O–H groups in total. The lowest BCUT2D eigenvalue weighted by Crippen LogP contribution is -2.41. The van der Waals surface area contributed by atoms with Gasteiger partial charge in [0.15, 0.2) is 0 Å². The smallest absolute Gasteiger partial charge is 0.327 e. The number of aliphatic carboxylic acids is 1. The van der Waals surface area contributed by atoms with Gasteiger partial charge in [0.05, 0.1) is 6.42 Å². The lowest BCUT2D eigenvalue weighted by Gasteiger charge is -2.12. The summed E-state index contributed by atoms with van der Waals surface area (Å²) in [7, 11) is 0. The third-order valence-electron chi connectivity index (χ3n) is 2.32. The van der Waals surface area contributed by atoms with Crippen molar-refractivity contribution < 1.29 is 23.5 Å². The van der Waals surface area contributed by atoms with E-state index in [2.05, 4.69) is 11.2 Å². The second-order valence-corrected chi connectivity index (χ2v) is 3.78. The number of nitrogens with one attached hydrogen (secondary N) is 1. The summed E-state index contributed by atoms with van der Waals surface area (Å²) in [5, 5.41) is 10.9. The van der Waals surface area contributed by atoms with Gasteiger partial charge < -0.3 is 10.4 Å². The first-order valence-corrected chi connectivity index (χ1v) is 5.33. The Kier molecular flexibility index (Phi) is 5.01. The van der Waals surface area contributed by atoms with Gasteiger partial charge in [0.25, 0.3) is 0 Å². The molecule has 0 fully saturated rings. The van der Waals surface area contributed by atoms with Crippen LogP contribution in [0.15, 0.2) is 18.2 Å². The van der Waals surface area contributed by atoms with Crippen LogP contribution in [0.3, 0.4) is 0 Å². The number of hydrogen-bond donors (Lipinski definition) is 2. The SMILES string of the molecule is C#CC[C@@H](NC(=O)Cc1ccc(F)cc1F)C(=O)O. The molecule has 0 aromatic heterocycles. The molecule has 19 heavy (non-hydrogen) atoms. The van der Waals surface area contributed by atoms with Gasteiger partial charge in [-0.05, 0) is 11.6 Å². The molecule has 1 amide bonds. The Balaban J connectivity index is 2.69. The lowest BCUT2D eigenvalue weighted by atomic mass is 10.1. The molecule has 0 saturated heterocycles. The summed E-state index contributed by atoms with van der Waals surface area (Å²) in [4.78, 5) is 22.3. The first-order chi connectivity index (χ1) is 8.93. The number of rotatable bonds is 5. The largest absolute Gasteiger partial charge is 0.480 e. The highest BCUT2D eigenvalue weighted by molar-refractivity contribution is 5.85. The van der Waals surface area contributed by atoms with Crippen LogP contribution in [0.1, 0.15) is 12.0 Å². The summed E-state index contributed by atoms with van der Waals surface area (Å²) < 4.78 is 25.9. The molecule has 100 valence electrons. The number of amides is 1. The van der Waals surface area contributed by atoms with Gasteiger partial charge >= 0.3 is 5.97 Å². The average Bonchev–Trinajstić information content (AvgIpc) is 2.32. The van der Waals surface area contributed by atoms with Gasteiger partial charge in [-0.1, -0.05) is 6.07 Å². The molecule has 0 aliphatic carbocycles. The van der Waals surface area contributed by atoms with E-state index in [0.717, 1.165) is 12.1 Å². The Morgan fingerprint density at radius 2 is 2.11 bits per heavy atom. The minimum absolute atomic E-state index is 0.0243. The predicted molar refractivity (Wildman–Crippen MR) is 63.1 cm³/mol. The quantitative estimate of drug-likeness (QED) is 0.785. The fourth-order valence-electron chi connectivity index (χ4n) is 1.40. The molecular weight excluding hydrogens is 256 g/mol. The lowest BCUT2D eigenvalue weighted by molar-refractivity contribution is -0.141. The molecule has 1 aromatic carbocycles. The van der Waals surface area contributed by atoms with Gasteiger partial charge in [0.1, 0.15) is 17.7 Å². The van der Waals surface area contributed by atoms with Crippen LogP contribution < -0.4 is 5.32 Å². The predicted octanol–water partition coefficient (Wildman–Crippen LogP) is 1.10. The Hall–Kier alpha value is -2.42. The Morgan fingerprint density at radius 3 is 2.63 bits per heavy atom. The van der Waals surface area contributed by atoms with Crippen LogP contribution in [-0.2, 0) is 16.0 Å². The summed E-state index contributed by atoms with van der Waals surface area (Å²) in [5.74, 6) is -1.47. The number of halogens is 2. The van der Waals surface area contributed by atoms with E-state index in [1.807, 2.05) is 0 Å². The molecule has 0 bridgehead atoms. The minimum atomic E-state index is -1.27. The molecule has 1 rings (SSSR count). The van der Waals surface area contributed by atoms with Gasteiger partial charge in [-0.15, -0.1) is 12.3 Å². The second-order valence-electron chi connectivity index (χ2n) is 3.78. The Morgan fingerprint density at radius 1 is 1.42 bits per heavy atom. The van der Waals surface area contributed by atoms with E-state index in [1.54, 1.807) is 0 Å². The maximum atomic E-state index is 13.3. The average molecular weight is 267 g/mol. The second kappa shape index (κ2) is 6.50. The van der Waals surface area contributed by atoms with Crippen molar-refractivity contribution >= 4 is 11.9 Å². The zero-order valence-corrected chi connectivity index (χ0v) is 9.82. The van der Waals surface area contributed by atoms with Crippen molar-refractivity contribution in [2.75, 3.05) is 0 Å². The van der Waals surface area contributed by atoms with E-state index in [9.17, 15) is 18.4 Å². The zero-order valence-electron chi connectivity index (χ0n) is 9.82. The molecule has 1 aromatic rings. The summed E-state index contributed by atoms with van der Waals surface area (Å²) in [6, 6.07) is 1.57. The van der Waals surface area contributed by atoms with Crippen LogP contribution in [0, 0.1) is 24.0 Å². The topological polar surface area (TPSA) is 66.4 Å². The summed E-state index contributed by atoms with van der Waals surface area (Å²) in [5.41, 5.74) is -0.0243. The molecule has 0 aliphatic rings. The maximum Gasteiger partial charge on any atom is 0.327 e. The molecule has 0 unspecified atom stereocenters. The van der Waals surface area contributed by atoms with Crippen molar-refractivity contribution in [3.63, 3.8) is 0 Å². The van der Waals surface area contributed by atoms with Crippen LogP contribution in [-0.4, -0.2) is 23.0 Å². The van der Waals surface area contributed by atoms with Gasteiger partial charge in [-0.25, -0.2) is 13.6 Å². The molecule has 0 saturated carbocycles. The third-order valence-corrected chi connectivity index (χ3v) is 2.32. The fraction of sp³-hybridized carbons (Fsp3) is 0.231. The fourth-order valence-corrected chi connectivity index (χ4v) is 1.40. The first-order valence-electron chi connectivity index (χ1n) is 5.33. The minimum Gasteiger partial charge on any atom is -0.480 e. The summed E-state index contributed by atoms with van der Waals surface area (Å²) in [6.07, 6.45) is 4.41. The van der Waals surface area contributed by atoms with Crippen molar-refractivity contribution in [1.29, 1.82) is 0 Å². The molecule has 0 aliphatic heterocycles. The van der Waals surface area contributed by atoms with Crippen LogP contribution in [0.5, 0.6) is 0 Å². The number of carbonyl (C=O) groups is 2. The molecule has 0 spiro atoms. The third kappa shape index (κ3) is 4.39. The normalized spacial score (nSPS) is 11.4. The van der Waals surface area contributed by atoms with E-state index in [0.29, 0.717) is 6.07 Å². The van der Waals surface area contributed by atoms with Crippen molar-refractivity contribution in [2.24, 2.45) is 0 Å². The zero-order chi connectivity index (χ0) is 14.4. The van der Waals surface area contributed by atoms with Crippen LogP contribution in [0.25, 0.3) is 0 Å². The highest BCUT2D eigenvalue weighted by Gasteiger charge is 2.19. The van der Waals surface area contributed by atoms with Crippen molar-refractivity contribution in [1.82, 2.24) is 5.32 Å². The first kappa shape index (κ1) is 14.6. The Labute approximate surface area is 108 Å². The number of carboxylic acids is 1. The van der Waals surface area contributed by atoms with Gasteiger partial charge in [0, 0.05) is 12.5 Å². The molecule has 0 radical (unpaired) electrons. The standard InChI is InChI=1S/C13H11F2NO3/c1-2-3-11(13(18)19)16-12(17)6-8-4-5-9(14)7-10(8)15/h1,4-5,7,11H,3,6H2,(H,16,17)(H,18,19)/t11-/m1/s1. The van der Waals surface area contributed by atoms with E-state index < -0.39 is 29.6 Å². The highest BCUT2D eigenvalue weighted by Crippen LogP contribution is 2.10. The molecule has 6 heteroatoms. The molecule has 4 nitrogen and oxygen atoms in total.